The highest BCUT2D eigenvalue weighted by molar-refractivity contribution is 6.76. The molecule has 0 spiro atoms. The van der Waals surface area contributed by atoms with Crippen LogP contribution in [0.2, 0.25) is 25.7 Å². The molecule has 0 atom stereocenters. The summed E-state index contributed by atoms with van der Waals surface area (Å²) in [7, 11) is -1.06. The van der Waals surface area contributed by atoms with E-state index in [0.29, 0.717) is 6.73 Å². The SMILES string of the molecule is CC(=O)Nc1cc2ccn(COCC[Si](C)(C)C)c2nc1C. The van der Waals surface area contributed by atoms with Crippen LogP contribution in [0, 0.1) is 6.92 Å². The largest absolute Gasteiger partial charge is 0.361 e. The van der Waals surface area contributed by atoms with Gasteiger partial charge in [0.15, 0.2) is 0 Å². The summed E-state index contributed by atoms with van der Waals surface area (Å²) >= 11 is 0. The van der Waals surface area contributed by atoms with E-state index >= 15 is 0 Å². The van der Waals surface area contributed by atoms with Crippen LogP contribution in [0.25, 0.3) is 11.0 Å². The Morgan fingerprint density at radius 2 is 2.14 bits per heavy atom. The van der Waals surface area contributed by atoms with Crippen LogP contribution >= 0.6 is 0 Å². The fourth-order valence-electron chi connectivity index (χ4n) is 2.16. The van der Waals surface area contributed by atoms with Gasteiger partial charge in [-0.2, -0.15) is 0 Å². The summed E-state index contributed by atoms with van der Waals surface area (Å²) in [5.41, 5.74) is 2.46. The molecule has 0 fully saturated rings. The molecule has 0 bridgehead atoms. The third-order valence-corrected chi connectivity index (χ3v) is 5.17. The van der Waals surface area contributed by atoms with E-state index in [-0.39, 0.29) is 5.91 Å². The standard InChI is InChI=1S/C16H25N3O2Si/c1-12-15(18-13(2)20)10-14-6-7-19(16(14)17-12)11-21-8-9-22(3,4)5/h6-7,10H,8-9,11H2,1-5H3,(H,18,20). The van der Waals surface area contributed by atoms with Crippen molar-refractivity contribution in [2.75, 3.05) is 11.9 Å². The Hall–Kier alpha value is -1.66. The van der Waals surface area contributed by atoms with Gasteiger partial charge in [-0.3, -0.25) is 4.79 Å². The van der Waals surface area contributed by atoms with E-state index in [1.807, 2.05) is 29.8 Å². The minimum absolute atomic E-state index is 0.0848. The van der Waals surface area contributed by atoms with E-state index in [1.54, 1.807) is 0 Å². The summed E-state index contributed by atoms with van der Waals surface area (Å²) in [6, 6.07) is 5.11. The molecule has 2 aromatic rings. The first-order valence-corrected chi connectivity index (χ1v) is 11.3. The number of nitrogens with zero attached hydrogens (tertiary/aromatic N) is 2. The third kappa shape index (κ3) is 4.41. The second kappa shape index (κ2) is 6.62. The Labute approximate surface area is 132 Å². The van der Waals surface area contributed by atoms with Gasteiger partial charge < -0.3 is 14.6 Å². The predicted octanol–water partition coefficient (Wildman–Crippen LogP) is 3.62. The monoisotopic (exact) mass is 319 g/mol. The van der Waals surface area contributed by atoms with Gasteiger partial charge >= 0.3 is 0 Å². The number of nitrogens with one attached hydrogen (secondary N) is 1. The Balaban J connectivity index is 2.09. The number of aromatic nitrogens is 2. The predicted molar refractivity (Wildman–Crippen MR) is 92.9 cm³/mol. The van der Waals surface area contributed by atoms with Crippen molar-refractivity contribution in [1.82, 2.24) is 9.55 Å². The number of pyridine rings is 1. The number of hydrogen-bond acceptors (Lipinski definition) is 3. The van der Waals surface area contributed by atoms with Crippen molar-refractivity contribution in [1.29, 1.82) is 0 Å². The third-order valence-electron chi connectivity index (χ3n) is 3.46. The van der Waals surface area contributed by atoms with Gasteiger partial charge in [-0.1, -0.05) is 19.6 Å². The van der Waals surface area contributed by atoms with Gasteiger partial charge in [0.25, 0.3) is 0 Å². The highest BCUT2D eigenvalue weighted by Crippen LogP contribution is 2.21. The first-order valence-electron chi connectivity index (χ1n) is 7.58. The maximum Gasteiger partial charge on any atom is 0.221 e. The number of carbonyl (C=O) groups excluding carboxylic acids is 1. The molecule has 0 radical (unpaired) electrons. The minimum Gasteiger partial charge on any atom is -0.361 e. The quantitative estimate of drug-likeness (QED) is 0.653. The molecule has 2 aromatic heterocycles. The molecule has 0 aliphatic carbocycles. The van der Waals surface area contributed by atoms with Gasteiger partial charge in [-0.15, -0.1) is 0 Å². The summed E-state index contributed by atoms with van der Waals surface area (Å²) in [5.74, 6) is -0.0848. The minimum atomic E-state index is -1.06. The van der Waals surface area contributed by atoms with Gasteiger partial charge in [-0.25, -0.2) is 4.98 Å². The first-order chi connectivity index (χ1) is 10.3. The molecule has 0 aliphatic heterocycles. The summed E-state index contributed by atoms with van der Waals surface area (Å²) in [5, 5.41) is 3.81. The smallest absolute Gasteiger partial charge is 0.221 e. The molecule has 0 unspecified atom stereocenters. The number of amides is 1. The molecular weight excluding hydrogens is 294 g/mol. The number of carbonyl (C=O) groups is 1. The lowest BCUT2D eigenvalue weighted by atomic mass is 10.2. The summed E-state index contributed by atoms with van der Waals surface area (Å²) in [4.78, 5) is 15.8. The summed E-state index contributed by atoms with van der Waals surface area (Å²) in [6.07, 6.45) is 1.98. The average Bonchev–Trinajstić information content (AvgIpc) is 2.76. The number of fused-ring (bicyclic) bond motifs is 1. The van der Waals surface area contributed by atoms with Crippen LogP contribution < -0.4 is 5.32 Å². The van der Waals surface area contributed by atoms with E-state index in [0.717, 1.165) is 35.1 Å². The van der Waals surface area contributed by atoms with Crippen LogP contribution in [-0.2, 0) is 16.3 Å². The average molecular weight is 319 g/mol. The van der Waals surface area contributed by atoms with E-state index in [1.165, 1.54) is 6.92 Å². The lowest BCUT2D eigenvalue weighted by molar-refractivity contribution is -0.114. The Morgan fingerprint density at radius 3 is 2.77 bits per heavy atom. The summed E-state index contributed by atoms with van der Waals surface area (Å²) in [6.45, 7) is 11.7. The second-order valence-corrected chi connectivity index (χ2v) is 12.5. The number of hydrogen-bond donors (Lipinski definition) is 1. The van der Waals surface area contributed by atoms with Crippen molar-refractivity contribution in [3.8, 4) is 0 Å². The van der Waals surface area contributed by atoms with Crippen LogP contribution in [0.15, 0.2) is 18.3 Å². The van der Waals surface area contributed by atoms with Gasteiger partial charge in [-0.05, 0) is 25.1 Å². The summed E-state index contributed by atoms with van der Waals surface area (Å²) < 4.78 is 7.79. The maximum atomic E-state index is 11.2. The Kier molecular flexibility index (Phi) is 5.03. The zero-order valence-corrected chi connectivity index (χ0v) is 15.1. The maximum absolute atomic E-state index is 11.2. The van der Waals surface area contributed by atoms with Crippen molar-refractivity contribution < 1.29 is 9.53 Å². The van der Waals surface area contributed by atoms with Crippen LogP contribution in [0.3, 0.4) is 0 Å². The molecule has 2 rings (SSSR count). The highest BCUT2D eigenvalue weighted by Gasteiger charge is 2.12. The van der Waals surface area contributed by atoms with Gasteiger partial charge in [0.1, 0.15) is 12.4 Å². The zero-order chi connectivity index (χ0) is 16.3. The molecule has 1 amide bonds. The molecule has 120 valence electrons. The first kappa shape index (κ1) is 16.7. The van der Waals surface area contributed by atoms with Crippen molar-refractivity contribution in [3.63, 3.8) is 0 Å². The molecule has 0 saturated carbocycles. The Morgan fingerprint density at radius 1 is 1.41 bits per heavy atom. The molecule has 5 nitrogen and oxygen atoms in total. The molecular formula is C16H25N3O2Si. The van der Waals surface area contributed by atoms with Crippen LogP contribution in [-0.4, -0.2) is 30.1 Å². The highest BCUT2D eigenvalue weighted by atomic mass is 28.3. The topological polar surface area (TPSA) is 56.2 Å². The lowest BCUT2D eigenvalue weighted by Crippen LogP contribution is -2.22. The van der Waals surface area contributed by atoms with Crippen molar-refractivity contribution >= 4 is 30.7 Å². The molecule has 6 heteroatoms. The lowest BCUT2D eigenvalue weighted by Gasteiger charge is -2.15. The molecule has 0 aliphatic rings. The van der Waals surface area contributed by atoms with Crippen LogP contribution in [0.4, 0.5) is 5.69 Å². The number of ether oxygens (including phenoxy) is 1. The fourth-order valence-corrected chi connectivity index (χ4v) is 2.92. The van der Waals surface area contributed by atoms with Gasteiger partial charge in [0.2, 0.25) is 5.91 Å². The molecule has 0 saturated heterocycles. The van der Waals surface area contributed by atoms with E-state index < -0.39 is 8.07 Å². The molecule has 0 aromatic carbocycles. The zero-order valence-electron chi connectivity index (χ0n) is 14.1. The van der Waals surface area contributed by atoms with E-state index in [2.05, 4.69) is 29.9 Å². The Bertz CT molecular complexity index is 674. The number of rotatable bonds is 6. The van der Waals surface area contributed by atoms with Crippen LogP contribution in [0.1, 0.15) is 12.6 Å². The number of aryl methyl sites for hydroxylation is 1. The van der Waals surface area contributed by atoms with Crippen molar-refractivity contribution in [2.24, 2.45) is 0 Å². The van der Waals surface area contributed by atoms with Gasteiger partial charge in [0.05, 0.1) is 11.4 Å². The number of anilines is 1. The van der Waals surface area contributed by atoms with Gasteiger partial charge in [0, 0.05) is 33.2 Å². The van der Waals surface area contributed by atoms with E-state index in [9.17, 15) is 4.79 Å². The van der Waals surface area contributed by atoms with E-state index in [4.69, 9.17) is 4.74 Å². The van der Waals surface area contributed by atoms with Crippen molar-refractivity contribution in [2.45, 2.75) is 46.3 Å². The second-order valence-electron chi connectivity index (χ2n) is 6.85. The normalized spacial score (nSPS) is 11.9. The molecule has 1 N–H and O–H groups in total. The van der Waals surface area contributed by atoms with Crippen LogP contribution in [0.5, 0.6) is 0 Å². The molecule has 2 heterocycles. The fraction of sp³-hybridized carbons (Fsp3) is 0.500. The molecule has 22 heavy (non-hydrogen) atoms. The van der Waals surface area contributed by atoms with Crippen molar-refractivity contribution in [3.05, 3.63) is 24.0 Å².